The molecule has 1 saturated heterocycles. The van der Waals surface area contributed by atoms with Crippen LogP contribution in [0.15, 0.2) is 47.3 Å². The highest BCUT2D eigenvalue weighted by Gasteiger charge is 2.19. The van der Waals surface area contributed by atoms with Gasteiger partial charge in [0.1, 0.15) is 23.9 Å². The van der Waals surface area contributed by atoms with E-state index in [0.29, 0.717) is 46.3 Å². The molecule has 8 heteroatoms. The second-order valence-corrected chi connectivity index (χ2v) is 9.53. The van der Waals surface area contributed by atoms with E-state index in [2.05, 4.69) is 17.1 Å². The van der Waals surface area contributed by atoms with E-state index < -0.39 is 0 Å². The van der Waals surface area contributed by atoms with Crippen LogP contribution in [0.1, 0.15) is 27.2 Å². The molecule has 0 radical (unpaired) electrons. The first-order valence-corrected chi connectivity index (χ1v) is 12.2. The number of likely N-dealkylation sites (tertiary alicyclic amines) is 1. The molecule has 2 heterocycles. The molecule has 186 valence electrons. The molecule has 0 saturated carbocycles. The Morgan fingerprint density at radius 3 is 2.60 bits per heavy atom. The van der Waals surface area contributed by atoms with Gasteiger partial charge in [0.05, 0.1) is 24.6 Å². The maximum atomic E-state index is 13.6. The predicted molar refractivity (Wildman–Crippen MR) is 137 cm³/mol. The average Bonchev–Trinajstić information content (AvgIpc) is 2.81. The van der Waals surface area contributed by atoms with Gasteiger partial charge in [0.15, 0.2) is 0 Å². The molecule has 1 amide bonds. The van der Waals surface area contributed by atoms with Gasteiger partial charge in [-0.3, -0.25) is 14.2 Å². The van der Waals surface area contributed by atoms with Gasteiger partial charge in [-0.25, -0.2) is 4.98 Å². The zero-order valence-corrected chi connectivity index (χ0v) is 20.9. The number of hydrogen-bond acceptors (Lipinski definition) is 6. The van der Waals surface area contributed by atoms with Crippen LogP contribution in [-0.2, 0) is 11.3 Å². The summed E-state index contributed by atoms with van der Waals surface area (Å²) >= 11 is 0. The number of aromatic nitrogens is 2. The first-order valence-electron chi connectivity index (χ1n) is 12.2. The highest BCUT2D eigenvalue weighted by molar-refractivity contribution is 5.83. The maximum absolute atomic E-state index is 13.6. The molecule has 0 spiro atoms. The quantitative estimate of drug-likeness (QED) is 0.481. The minimum atomic E-state index is -0.286. The average molecular weight is 479 g/mol. The summed E-state index contributed by atoms with van der Waals surface area (Å²) in [5, 5.41) is 3.28. The highest BCUT2D eigenvalue weighted by atomic mass is 16.5. The largest absolute Gasteiger partial charge is 0.497 e. The molecule has 4 rings (SSSR count). The Morgan fingerprint density at radius 2 is 1.91 bits per heavy atom. The van der Waals surface area contributed by atoms with Crippen molar-refractivity contribution >= 4 is 16.8 Å². The SMILES string of the molecule is COc1cccc(-c2nc3ccc(OCC(C)CN4CCC4)cc3c(=O)n2CC(=O)NC(C)C)c1. The minimum Gasteiger partial charge on any atom is -0.497 e. The summed E-state index contributed by atoms with van der Waals surface area (Å²) in [6.45, 7) is 9.70. The Kier molecular flexibility index (Phi) is 7.70. The molecule has 0 bridgehead atoms. The number of carbonyl (C=O) groups excluding carboxylic acids is 1. The number of nitrogens with one attached hydrogen (secondary N) is 1. The van der Waals surface area contributed by atoms with Crippen molar-refractivity contribution < 1.29 is 14.3 Å². The number of rotatable bonds is 10. The fraction of sp³-hybridized carbons (Fsp3) is 0.444. The number of nitrogens with zero attached hydrogens (tertiary/aromatic N) is 3. The van der Waals surface area contributed by atoms with Gasteiger partial charge < -0.3 is 19.7 Å². The number of ether oxygens (including phenoxy) is 2. The van der Waals surface area contributed by atoms with Crippen LogP contribution in [0.4, 0.5) is 0 Å². The summed E-state index contributed by atoms with van der Waals surface area (Å²) in [4.78, 5) is 33.4. The molecule has 1 aliphatic heterocycles. The highest BCUT2D eigenvalue weighted by Crippen LogP contribution is 2.25. The normalized spacial score (nSPS) is 14.5. The molecule has 1 aliphatic rings. The minimum absolute atomic E-state index is 0.0369. The van der Waals surface area contributed by atoms with E-state index in [0.717, 1.165) is 19.6 Å². The van der Waals surface area contributed by atoms with Gasteiger partial charge in [0.25, 0.3) is 5.56 Å². The van der Waals surface area contributed by atoms with Crippen LogP contribution in [0, 0.1) is 5.92 Å². The third-order valence-corrected chi connectivity index (χ3v) is 6.06. The van der Waals surface area contributed by atoms with Gasteiger partial charge >= 0.3 is 0 Å². The van der Waals surface area contributed by atoms with Crippen molar-refractivity contribution in [1.29, 1.82) is 0 Å². The number of fused-ring (bicyclic) bond motifs is 1. The van der Waals surface area contributed by atoms with Crippen molar-refractivity contribution in [2.75, 3.05) is 33.4 Å². The Morgan fingerprint density at radius 1 is 1.11 bits per heavy atom. The lowest BCUT2D eigenvalue weighted by atomic mass is 10.1. The molecule has 1 N–H and O–H groups in total. The van der Waals surface area contributed by atoms with Crippen molar-refractivity contribution in [3.8, 4) is 22.9 Å². The zero-order valence-electron chi connectivity index (χ0n) is 20.9. The fourth-order valence-corrected chi connectivity index (χ4v) is 4.23. The maximum Gasteiger partial charge on any atom is 0.262 e. The molecular weight excluding hydrogens is 444 g/mol. The molecule has 1 atom stereocenters. The summed E-state index contributed by atoms with van der Waals surface area (Å²) in [7, 11) is 1.59. The smallest absolute Gasteiger partial charge is 0.262 e. The lowest BCUT2D eigenvalue weighted by Gasteiger charge is -2.32. The third-order valence-electron chi connectivity index (χ3n) is 6.06. The standard InChI is InChI=1S/C27H34N4O4/c1-18(2)28-25(32)16-31-26(20-7-5-8-21(13-20)34-4)29-24-10-9-22(14-23(24)27(31)33)35-17-19(3)15-30-11-6-12-30/h5,7-10,13-14,18-19H,6,11-12,15-17H2,1-4H3,(H,28,32). The lowest BCUT2D eigenvalue weighted by Crippen LogP contribution is -2.41. The third kappa shape index (κ3) is 6.00. The molecule has 1 unspecified atom stereocenters. The van der Waals surface area contributed by atoms with Crippen LogP contribution < -0.4 is 20.3 Å². The monoisotopic (exact) mass is 478 g/mol. The van der Waals surface area contributed by atoms with E-state index in [1.165, 1.54) is 11.0 Å². The van der Waals surface area contributed by atoms with Gasteiger partial charge in [0.2, 0.25) is 5.91 Å². The van der Waals surface area contributed by atoms with Crippen molar-refractivity contribution in [3.05, 3.63) is 52.8 Å². The summed E-state index contributed by atoms with van der Waals surface area (Å²) in [5.41, 5.74) is 0.959. The second kappa shape index (κ2) is 10.9. The Hall–Kier alpha value is -3.39. The first kappa shape index (κ1) is 24.7. The van der Waals surface area contributed by atoms with Crippen LogP contribution in [0.5, 0.6) is 11.5 Å². The van der Waals surface area contributed by atoms with E-state index >= 15 is 0 Å². The molecular formula is C27H34N4O4. The molecule has 1 aromatic heterocycles. The van der Waals surface area contributed by atoms with Gasteiger partial charge in [-0.15, -0.1) is 0 Å². The number of carbonyl (C=O) groups is 1. The number of hydrogen-bond donors (Lipinski definition) is 1. The Labute approximate surface area is 205 Å². The predicted octanol–water partition coefficient (Wildman–Crippen LogP) is 3.32. The van der Waals surface area contributed by atoms with Crippen LogP contribution in [0.3, 0.4) is 0 Å². The topological polar surface area (TPSA) is 85.7 Å². The molecule has 2 aromatic carbocycles. The van der Waals surface area contributed by atoms with Crippen molar-refractivity contribution in [2.24, 2.45) is 5.92 Å². The molecule has 35 heavy (non-hydrogen) atoms. The van der Waals surface area contributed by atoms with Crippen molar-refractivity contribution in [1.82, 2.24) is 19.8 Å². The van der Waals surface area contributed by atoms with Gasteiger partial charge in [-0.1, -0.05) is 19.1 Å². The van der Waals surface area contributed by atoms with E-state index in [9.17, 15) is 9.59 Å². The van der Waals surface area contributed by atoms with Gasteiger partial charge in [-0.2, -0.15) is 0 Å². The van der Waals surface area contributed by atoms with Crippen LogP contribution in [0.2, 0.25) is 0 Å². The summed E-state index contributed by atoms with van der Waals surface area (Å²) in [6, 6.07) is 12.7. The summed E-state index contributed by atoms with van der Waals surface area (Å²) < 4.78 is 12.8. The molecule has 3 aromatic rings. The fourth-order valence-electron chi connectivity index (χ4n) is 4.23. The van der Waals surface area contributed by atoms with Crippen molar-refractivity contribution in [2.45, 2.75) is 39.8 Å². The lowest BCUT2D eigenvalue weighted by molar-refractivity contribution is -0.122. The number of benzene rings is 2. The first-order chi connectivity index (χ1) is 16.8. The second-order valence-electron chi connectivity index (χ2n) is 9.53. The van der Waals surface area contributed by atoms with Crippen LogP contribution in [-0.4, -0.2) is 59.8 Å². The van der Waals surface area contributed by atoms with Gasteiger partial charge in [0, 0.05) is 24.1 Å². The Bertz CT molecular complexity index is 1250. The Balaban J connectivity index is 1.68. The summed E-state index contributed by atoms with van der Waals surface area (Å²) in [5.74, 6) is 1.82. The molecule has 8 nitrogen and oxygen atoms in total. The zero-order chi connectivity index (χ0) is 24.9. The van der Waals surface area contributed by atoms with E-state index in [1.54, 1.807) is 19.2 Å². The van der Waals surface area contributed by atoms with E-state index in [1.807, 2.05) is 44.2 Å². The van der Waals surface area contributed by atoms with Crippen LogP contribution in [0.25, 0.3) is 22.3 Å². The van der Waals surface area contributed by atoms with E-state index in [-0.39, 0.29) is 24.1 Å². The van der Waals surface area contributed by atoms with E-state index in [4.69, 9.17) is 14.5 Å². The summed E-state index contributed by atoms with van der Waals surface area (Å²) in [6.07, 6.45) is 1.27. The number of methoxy groups -OCH3 is 1. The number of amides is 1. The van der Waals surface area contributed by atoms with Gasteiger partial charge in [-0.05, 0) is 63.7 Å². The molecule has 1 fully saturated rings. The van der Waals surface area contributed by atoms with Crippen molar-refractivity contribution in [3.63, 3.8) is 0 Å². The van der Waals surface area contributed by atoms with Crippen LogP contribution >= 0.6 is 0 Å². The molecule has 0 aliphatic carbocycles.